The quantitative estimate of drug-likeness (QED) is 0.115. The Morgan fingerprint density at radius 3 is 0.737 bits per heavy atom. The average Bonchev–Trinajstić information content (AvgIpc) is 1.58. The third-order valence-electron chi connectivity index (χ3n) is 23.0. The Labute approximate surface area is 681 Å². The molecule has 0 aliphatic carbocycles. The molecular formula is C110H72N8. The van der Waals surface area contributed by atoms with Gasteiger partial charge < -0.3 is 9.13 Å². The maximum atomic E-state index is 5.38. The van der Waals surface area contributed by atoms with Gasteiger partial charge in [-0.3, -0.25) is 9.13 Å². The molecular weight excluding hydrogens is 1430 g/mol. The monoisotopic (exact) mass is 1500 g/mol. The van der Waals surface area contributed by atoms with Gasteiger partial charge in [0.05, 0.1) is 55.3 Å². The first kappa shape index (κ1) is 68.9. The van der Waals surface area contributed by atoms with Crippen LogP contribution in [0.4, 0.5) is 0 Å². The van der Waals surface area contributed by atoms with Gasteiger partial charge >= 0.3 is 0 Å². The van der Waals surface area contributed by atoms with Gasteiger partial charge in [-0.25, -0.2) is 19.9 Å². The summed E-state index contributed by atoms with van der Waals surface area (Å²) in [7, 11) is 0. The standard InChI is InChI=1S/C58H38N4.C52H34N4/c1-5-17-39(18-6-1)44-31-33-53-50(37-44)51-38-45(32-34-54(51)61(53)47-25-9-3-10-26-47)42-22-15-21-41(35-42)43-23-16-24-46(36-43)56-55-49-29-13-14-30-52(49)62(48-27-11-4-12-28-48)58(55)60-57(59-56)40-19-7-2-8-20-40;1-4-16-35(17-5-1)51-53-50(49-44-27-11-13-29-47(44)56(52(49)54-51)42-24-8-3-9-25-42)40-21-15-20-38(33-40)36-18-14-19-37(32-36)39-30-31-48-45(34-39)43-26-10-12-28-46(43)55(48)41-22-6-2-7-23-41/h1-38H;1-34H. The van der Waals surface area contributed by atoms with E-state index in [0.717, 1.165) is 128 Å². The molecule has 0 atom stereocenters. The second-order valence-corrected chi connectivity index (χ2v) is 30.0. The summed E-state index contributed by atoms with van der Waals surface area (Å²) in [5, 5.41) is 9.26. The molecule has 0 unspecified atom stereocenters. The molecule has 0 radical (unpaired) electrons. The molecule has 0 spiro atoms. The van der Waals surface area contributed by atoms with Crippen molar-refractivity contribution in [3.8, 4) is 124 Å². The highest BCUT2D eigenvalue weighted by molar-refractivity contribution is 6.17. The zero-order chi connectivity index (χ0) is 78.0. The summed E-state index contributed by atoms with van der Waals surface area (Å²) in [6, 6.07) is 155. The van der Waals surface area contributed by atoms with Crippen molar-refractivity contribution in [2.75, 3.05) is 0 Å². The molecule has 6 aromatic heterocycles. The molecule has 0 aliphatic rings. The minimum Gasteiger partial charge on any atom is -0.309 e. The molecule has 8 nitrogen and oxygen atoms in total. The predicted octanol–water partition coefficient (Wildman–Crippen LogP) is 28.3. The number of benzene rings is 17. The van der Waals surface area contributed by atoms with E-state index in [0.29, 0.717) is 11.6 Å². The fourth-order valence-corrected chi connectivity index (χ4v) is 17.6. The second kappa shape index (κ2) is 29.3. The van der Waals surface area contributed by atoms with Crippen molar-refractivity contribution in [2.45, 2.75) is 0 Å². The minimum atomic E-state index is 0.695. The third kappa shape index (κ3) is 12.2. The predicted molar refractivity (Wildman–Crippen MR) is 490 cm³/mol. The van der Waals surface area contributed by atoms with Gasteiger partial charge in [-0.15, -0.1) is 0 Å². The Kier molecular flexibility index (Phi) is 17.1. The molecule has 0 bridgehead atoms. The van der Waals surface area contributed by atoms with Crippen LogP contribution in [-0.2, 0) is 0 Å². The van der Waals surface area contributed by atoms with E-state index >= 15 is 0 Å². The van der Waals surface area contributed by atoms with E-state index in [1.54, 1.807) is 0 Å². The SMILES string of the molecule is c1ccc(-c2ccc3c(c2)c2cc(-c4cccc(-c5cccc(-c6nc(-c7ccccc7)nc7c6c6ccccc6n7-c6ccccc6)c5)c4)ccc2n3-c2ccccc2)cc1.c1ccc(-c2nc(-c3cccc(-c4cccc(-c5ccc6c(c5)c5ccccc5n6-c5ccccc5)c4)c3)c3c4ccccc4n(-c4ccccc4)c3n2)cc1. The van der Waals surface area contributed by atoms with E-state index in [4.69, 9.17) is 19.9 Å². The summed E-state index contributed by atoms with van der Waals surface area (Å²) in [6.07, 6.45) is 0. The minimum absolute atomic E-state index is 0.695. The highest BCUT2D eigenvalue weighted by Crippen LogP contribution is 2.45. The Morgan fingerprint density at radius 2 is 0.381 bits per heavy atom. The highest BCUT2D eigenvalue weighted by atomic mass is 15.1. The second-order valence-electron chi connectivity index (χ2n) is 30.0. The van der Waals surface area contributed by atoms with Crippen LogP contribution in [-0.4, -0.2) is 38.2 Å². The van der Waals surface area contributed by atoms with Crippen LogP contribution < -0.4 is 0 Å². The first-order valence-electron chi connectivity index (χ1n) is 40.1. The van der Waals surface area contributed by atoms with E-state index in [-0.39, 0.29) is 0 Å². The van der Waals surface area contributed by atoms with Crippen LogP contribution >= 0.6 is 0 Å². The van der Waals surface area contributed by atoms with Crippen molar-refractivity contribution < 1.29 is 0 Å². The van der Waals surface area contributed by atoms with Crippen LogP contribution in [0.1, 0.15) is 0 Å². The van der Waals surface area contributed by atoms with Gasteiger partial charge in [0.15, 0.2) is 11.6 Å². The lowest BCUT2D eigenvalue weighted by Crippen LogP contribution is -1.99. The average molecular weight is 1510 g/mol. The topological polar surface area (TPSA) is 71.3 Å². The van der Waals surface area contributed by atoms with Crippen molar-refractivity contribution in [1.29, 1.82) is 0 Å². The number of para-hydroxylation sites is 7. The molecule has 8 heteroatoms. The van der Waals surface area contributed by atoms with Crippen molar-refractivity contribution in [1.82, 2.24) is 38.2 Å². The van der Waals surface area contributed by atoms with Crippen LogP contribution in [0.25, 0.3) is 211 Å². The Bertz CT molecular complexity index is 7760. The molecule has 0 N–H and O–H groups in total. The van der Waals surface area contributed by atoms with Crippen LogP contribution in [0.5, 0.6) is 0 Å². The molecule has 17 aromatic carbocycles. The lowest BCUT2D eigenvalue weighted by atomic mass is 9.96. The molecule has 6 heterocycles. The Hall–Kier alpha value is -15.9. The Morgan fingerprint density at radius 1 is 0.144 bits per heavy atom. The number of hydrogen-bond donors (Lipinski definition) is 0. The lowest BCUT2D eigenvalue weighted by Gasteiger charge is -2.12. The summed E-state index contributed by atoms with van der Waals surface area (Å²) in [6.45, 7) is 0. The normalized spacial score (nSPS) is 11.6. The van der Waals surface area contributed by atoms with E-state index in [9.17, 15) is 0 Å². The summed E-state index contributed by atoms with van der Waals surface area (Å²) in [5.74, 6) is 1.39. The molecule has 552 valence electrons. The largest absolute Gasteiger partial charge is 0.309 e. The van der Waals surface area contributed by atoms with Crippen molar-refractivity contribution in [3.05, 3.63) is 437 Å². The summed E-state index contributed by atoms with van der Waals surface area (Å²) < 4.78 is 9.28. The van der Waals surface area contributed by atoms with Crippen LogP contribution in [0.15, 0.2) is 437 Å². The van der Waals surface area contributed by atoms with Crippen LogP contribution in [0.3, 0.4) is 0 Å². The van der Waals surface area contributed by atoms with E-state index in [2.05, 4.69) is 419 Å². The number of rotatable bonds is 13. The molecule has 118 heavy (non-hydrogen) atoms. The number of hydrogen-bond acceptors (Lipinski definition) is 4. The van der Waals surface area contributed by atoms with Crippen molar-refractivity contribution >= 4 is 87.5 Å². The molecule has 0 saturated carbocycles. The summed E-state index contributed by atoms with van der Waals surface area (Å²) >= 11 is 0. The van der Waals surface area contributed by atoms with Gasteiger partial charge in [0.1, 0.15) is 11.3 Å². The number of aromatic nitrogens is 8. The van der Waals surface area contributed by atoms with E-state index < -0.39 is 0 Å². The third-order valence-corrected chi connectivity index (χ3v) is 23.0. The zero-order valence-electron chi connectivity index (χ0n) is 64.1. The van der Waals surface area contributed by atoms with Gasteiger partial charge in [0.25, 0.3) is 0 Å². The summed E-state index contributed by atoms with van der Waals surface area (Å²) in [5.41, 5.74) is 30.7. The molecule has 23 rings (SSSR count). The molecule has 0 amide bonds. The van der Waals surface area contributed by atoms with E-state index in [1.807, 2.05) is 36.4 Å². The number of fused-ring (bicyclic) bond motifs is 12. The maximum absolute atomic E-state index is 5.38. The molecule has 0 saturated heterocycles. The van der Waals surface area contributed by atoms with Crippen molar-refractivity contribution in [2.24, 2.45) is 0 Å². The van der Waals surface area contributed by atoms with Crippen LogP contribution in [0.2, 0.25) is 0 Å². The summed E-state index contributed by atoms with van der Waals surface area (Å²) in [4.78, 5) is 21.3. The van der Waals surface area contributed by atoms with Gasteiger partial charge in [-0.05, 0) is 183 Å². The first-order valence-corrected chi connectivity index (χ1v) is 40.1. The smallest absolute Gasteiger partial charge is 0.162 e. The fourth-order valence-electron chi connectivity index (χ4n) is 17.6. The lowest BCUT2D eigenvalue weighted by molar-refractivity contribution is 1.11. The molecule has 23 aromatic rings. The molecule has 0 aliphatic heterocycles. The van der Waals surface area contributed by atoms with Gasteiger partial charge in [0.2, 0.25) is 0 Å². The van der Waals surface area contributed by atoms with Crippen LogP contribution in [0, 0.1) is 0 Å². The molecule has 0 fully saturated rings. The van der Waals surface area contributed by atoms with Crippen molar-refractivity contribution in [3.63, 3.8) is 0 Å². The van der Waals surface area contributed by atoms with E-state index in [1.165, 1.54) is 71.4 Å². The first-order chi connectivity index (χ1) is 58.5. The highest BCUT2D eigenvalue weighted by Gasteiger charge is 2.25. The number of nitrogens with zero attached hydrogens (tertiary/aromatic N) is 8. The van der Waals surface area contributed by atoms with Gasteiger partial charge in [-0.2, -0.15) is 0 Å². The Balaban J connectivity index is 0.000000143. The zero-order valence-corrected chi connectivity index (χ0v) is 64.1. The van der Waals surface area contributed by atoms with Gasteiger partial charge in [-0.1, -0.05) is 309 Å². The fraction of sp³-hybridized carbons (Fsp3) is 0. The maximum Gasteiger partial charge on any atom is 0.162 e. The van der Waals surface area contributed by atoms with Gasteiger partial charge in [0, 0.05) is 77.3 Å².